The molecule has 2 unspecified atom stereocenters. The molecule has 2 N–H and O–H groups in total. The summed E-state index contributed by atoms with van der Waals surface area (Å²) in [6.07, 6.45) is 0.0998. The van der Waals surface area contributed by atoms with Gasteiger partial charge in [-0.05, 0) is 66.6 Å². The fourth-order valence-electron chi connectivity index (χ4n) is 3.62. The van der Waals surface area contributed by atoms with E-state index in [1.165, 1.54) is 0 Å². The second-order valence-electron chi connectivity index (χ2n) is 7.63. The third-order valence-corrected chi connectivity index (χ3v) is 6.09. The van der Waals surface area contributed by atoms with Gasteiger partial charge in [0.2, 0.25) is 6.29 Å². The second-order valence-corrected chi connectivity index (χ2v) is 8.98. The van der Waals surface area contributed by atoms with Crippen molar-refractivity contribution in [3.8, 4) is 11.5 Å². The van der Waals surface area contributed by atoms with Gasteiger partial charge in [-0.2, -0.15) is 0 Å². The number of carbonyl (C=O) groups excluding carboxylic acids is 1. The Balaban J connectivity index is 1.34. The third-order valence-electron chi connectivity index (χ3n) is 5.33. The fourth-order valence-corrected chi connectivity index (χ4v) is 4.07. The van der Waals surface area contributed by atoms with Gasteiger partial charge in [0.05, 0.1) is 5.92 Å². The normalized spacial score (nSPS) is 16.9. The average molecular weight is 531 g/mol. The quantitative estimate of drug-likeness (QED) is 0.425. The summed E-state index contributed by atoms with van der Waals surface area (Å²) < 4.78 is 12.7. The first-order valence-electron chi connectivity index (χ1n) is 10.4. The lowest BCUT2D eigenvalue weighted by atomic mass is 9.92. The predicted molar refractivity (Wildman–Crippen MR) is 128 cm³/mol. The van der Waals surface area contributed by atoms with Crippen LogP contribution in [-0.2, 0) is 11.2 Å². The van der Waals surface area contributed by atoms with Gasteiger partial charge in [-0.1, -0.05) is 39.7 Å². The number of carboxylic acids is 1. The first-order chi connectivity index (χ1) is 15.9. The molecule has 1 aliphatic rings. The van der Waals surface area contributed by atoms with Gasteiger partial charge in [-0.15, -0.1) is 0 Å². The van der Waals surface area contributed by atoms with E-state index in [-0.39, 0.29) is 12.3 Å². The van der Waals surface area contributed by atoms with E-state index in [9.17, 15) is 14.7 Å². The van der Waals surface area contributed by atoms with Crippen molar-refractivity contribution in [2.45, 2.75) is 25.0 Å². The molecule has 170 valence electrons. The molecule has 8 heteroatoms. The van der Waals surface area contributed by atoms with Crippen LogP contribution in [0.5, 0.6) is 11.5 Å². The SMILES string of the molecule is O=C(NCCc1ccc(Br)cc1)c1ccc(OC2CC(C(=O)O)c3cc(Cl)ccc3O2)cc1. The van der Waals surface area contributed by atoms with E-state index in [4.69, 9.17) is 21.1 Å². The predicted octanol–water partition coefficient (Wildman–Crippen LogP) is 5.43. The number of benzene rings is 3. The number of halogens is 2. The Labute approximate surface area is 204 Å². The second kappa shape index (κ2) is 10.3. The third kappa shape index (κ3) is 5.86. The molecule has 1 heterocycles. The summed E-state index contributed by atoms with van der Waals surface area (Å²) in [6, 6.07) is 19.5. The molecular formula is C25H21BrClNO5. The zero-order valence-electron chi connectivity index (χ0n) is 17.5. The number of carboxylic acid groups (broad SMARTS) is 1. The standard InChI is InChI=1S/C25H21BrClNO5/c26-17-5-1-15(2-6-17)11-12-28-24(29)16-3-8-19(9-4-16)32-23-14-21(25(30)31)20-13-18(27)7-10-22(20)33-23/h1-10,13,21,23H,11-12,14H2,(H,28,29)(H,30,31). The fraction of sp³-hybridized carbons (Fsp3) is 0.200. The van der Waals surface area contributed by atoms with Crippen molar-refractivity contribution in [2.75, 3.05) is 6.54 Å². The van der Waals surface area contributed by atoms with Crippen LogP contribution in [0.2, 0.25) is 5.02 Å². The highest BCUT2D eigenvalue weighted by Crippen LogP contribution is 2.38. The molecule has 3 aromatic rings. The highest BCUT2D eigenvalue weighted by molar-refractivity contribution is 9.10. The first kappa shape index (κ1) is 23.1. The molecule has 0 aliphatic carbocycles. The highest BCUT2D eigenvalue weighted by Gasteiger charge is 2.34. The number of fused-ring (bicyclic) bond motifs is 1. The van der Waals surface area contributed by atoms with E-state index in [0.29, 0.717) is 34.2 Å². The summed E-state index contributed by atoms with van der Waals surface area (Å²) in [5.74, 6) is -1.01. The van der Waals surface area contributed by atoms with Crippen LogP contribution in [0.4, 0.5) is 0 Å². The molecule has 1 amide bonds. The maximum absolute atomic E-state index is 12.4. The summed E-state index contributed by atoms with van der Waals surface area (Å²) in [5.41, 5.74) is 2.18. The smallest absolute Gasteiger partial charge is 0.311 e. The minimum absolute atomic E-state index is 0.140. The molecule has 0 saturated heterocycles. The number of hydrogen-bond acceptors (Lipinski definition) is 4. The molecule has 1 aliphatic heterocycles. The van der Waals surface area contributed by atoms with Crippen molar-refractivity contribution < 1.29 is 24.2 Å². The number of amides is 1. The monoisotopic (exact) mass is 529 g/mol. The number of hydrogen-bond donors (Lipinski definition) is 2. The first-order valence-corrected chi connectivity index (χ1v) is 11.5. The minimum atomic E-state index is -0.967. The van der Waals surface area contributed by atoms with Gasteiger partial charge in [0.15, 0.2) is 0 Å². The Kier molecular flexibility index (Phi) is 7.20. The van der Waals surface area contributed by atoms with E-state index < -0.39 is 18.2 Å². The van der Waals surface area contributed by atoms with Gasteiger partial charge in [-0.3, -0.25) is 9.59 Å². The molecule has 6 nitrogen and oxygen atoms in total. The molecule has 0 spiro atoms. The van der Waals surface area contributed by atoms with Crippen LogP contribution in [0.25, 0.3) is 0 Å². The number of carbonyl (C=O) groups is 2. The van der Waals surface area contributed by atoms with Crippen LogP contribution < -0.4 is 14.8 Å². The molecule has 2 atom stereocenters. The summed E-state index contributed by atoms with van der Waals surface area (Å²) in [4.78, 5) is 24.1. The van der Waals surface area contributed by atoms with E-state index in [1.807, 2.05) is 24.3 Å². The molecule has 0 fully saturated rings. The largest absolute Gasteiger partial charge is 0.481 e. The van der Waals surface area contributed by atoms with Crippen molar-refractivity contribution >= 4 is 39.4 Å². The molecule has 0 radical (unpaired) electrons. The Bertz CT molecular complexity index is 1150. The zero-order valence-corrected chi connectivity index (χ0v) is 19.8. The van der Waals surface area contributed by atoms with Crippen LogP contribution in [0, 0.1) is 0 Å². The van der Waals surface area contributed by atoms with Crippen molar-refractivity contribution in [1.29, 1.82) is 0 Å². The van der Waals surface area contributed by atoms with Crippen LogP contribution in [0.15, 0.2) is 71.2 Å². The molecule has 0 aromatic heterocycles. The number of rotatable bonds is 7. The van der Waals surface area contributed by atoms with Gasteiger partial charge >= 0.3 is 5.97 Å². The number of nitrogens with one attached hydrogen (secondary N) is 1. The lowest BCUT2D eigenvalue weighted by molar-refractivity contribution is -0.141. The minimum Gasteiger partial charge on any atom is -0.481 e. The Hall–Kier alpha value is -3.03. The van der Waals surface area contributed by atoms with Crippen LogP contribution in [-0.4, -0.2) is 29.8 Å². The zero-order chi connectivity index (χ0) is 23.4. The van der Waals surface area contributed by atoms with E-state index in [1.54, 1.807) is 42.5 Å². The summed E-state index contributed by atoms with van der Waals surface area (Å²) in [6.45, 7) is 0.522. The molecular weight excluding hydrogens is 510 g/mol. The number of aliphatic carboxylic acids is 1. The average Bonchev–Trinajstić information content (AvgIpc) is 2.80. The summed E-state index contributed by atoms with van der Waals surface area (Å²) in [7, 11) is 0. The van der Waals surface area contributed by atoms with Gasteiger partial charge in [0.25, 0.3) is 5.91 Å². The molecule has 3 aromatic carbocycles. The lowest BCUT2D eigenvalue weighted by Gasteiger charge is -2.30. The van der Waals surface area contributed by atoms with Crippen LogP contribution in [0.1, 0.15) is 33.8 Å². The molecule has 33 heavy (non-hydrogen) atoms. The van der Waals surface area contributed by atoms with Gasteiger partial charge in [0, 0.05) is 33.6 Å². The van der Waals surface area contributed by atoms with Crippen LogP contribution in [0.3, 0.4) is 0 Å². The van der Waals surface area contributed by atoms with E-state index in [0.717, 1.165) is 16.5 Å². The van der Waals surface area contributed by atoms with Gasteiger partial charge < -0.3 is 19.9 Å². The van der Waals surface area contributed by atoms with Crippen molar-refractivity contribution in [1.82, 2.24) is 5.32 Å². The van der Waals surface area contributed by atoms with Gasteiger partial charge in [0.1, 0.15) is 11.5 Å². The maximum Gasteiger partial charge on any atom is 0.311 e. The molecule has 0 saturated carbocycles. The van der Waals surface area contributed by atoms with E-state index >= 15 is 0 Å². The topological polar surface area (TPSA) is 84.9 Å². The molecule has 0 bridgehead atoms. The van der Waals surface area contributed by atoms with Crippen molar-refractivity contribution in [3.05, 3.63) is 92.9 Å². The Morgan fingerprint density at radius 1 is 1.09 bits per heavy atom. The summed E-state index contributed by atoms with van der Waals surface area (Å²) >= 11 is 9.41. The lowest BCUT2D eigenvalue weighted by Crippen LogP contribution is -2.33. The van der Waals surface area contributed by atoms with Gasteiger partial charge in [-0.25, -0.2) is 0 Å². The number of ether oxygens (including phenoxy) is 2. The highest BCUT2D eigenvalue weighted by atomic mass is 79.9. The molecule has 4 rings (SSSR count). The summed E-state index contributed by atoms with van der Waals surface area (Å²) in [5, 5.41) is 13.0. The maximum atomic E-state index is 12.4. The van der Waals surface area contributed by atoms with Crippen molar-refractivity contribution in [3.63, 3.8) is 0 Å². The van der Waals surface area contributed by atoms with E-state index in [2.05, 4.69) is 21.2 Å². The Morgan fingerprint density at radius 3 is 2.52 bits per heavy atom. The Morgan fingerprint density at radius 2 is 1.82 bits per heavy atom. The van der Waals surface area contributed by atoms with Crippen LogP contribution >= 0.6 is 27.5 Å². The van der Waals surface area contributed by atoms with Crippen molar-refractivity contribution in [2.24, 2.45) is 0 Å².